The molecule has 0 spiro atoms. The second kappa shape index (κ2) is 13.3. The molecule has 0 bridgehead atoms. The van der Waals surface area contributed by atoms with Crippen LogP contribution in [0.25, 0.3) is 33.8 Å². The summed E-state index contributed by atoms with van der Waals surface area (Å²) < 4.78 is 79.3. The molecule has 0 aliphatic heterocycles. The average Bonchev–Trinajstić information content (AvgIpc) is 2.90. The molecule has 0 fully saturated rings. The van der Waals surface area contributed by atoms with Crippen molar-refractivity contribution >= 4 is 16.1 Å². The second-order valence-electron chi connectivity index (χ2n) is 8.59. The molecule has 4 aromatic rings. The SMILES string of the molecule is COc1ccc(-c2cc(-c3ccc(C(=O)O)cc3)[o+]c3c2CCc2ccccc2-3)cc1S(=O)(=O)O.O.O.[O-][Cl+3]([O-])([O-])[O-]. The van der Waals surface area contributed by atoms with Gasteiger partial charge in [0, 0.05) is 5.56 Å². The number of aromatic carboxylic acids is 1. The number of ether oxygens (including phenoxy) is 1. The fourth-order valence-corrected chi connectivity index (χ4v) is 5.13. The first-order valence-corrected chi connectivity index (χ1v) is 14.1. The fourth-order valence-electron chi connectivity index (χ4n) is 4.45. The van der Waals surface area contributed by atoms with Gasteiger partial charge in [-0.15, -0.1) is 10.2 Å². The number of methoxy groups -OCH3 is 1. The number of carbonyl (C=O) groups is 1. The number of benzene rings is 3. The van der Waals surface area contributed by atoms with Gasteiger partial charge in [0.1, 0.15) is 10.6 Å². The molecular formula is C27H25ClO13S. The maximum Gasteiger partial charge on any atom is 0.364 e. The molecule has 0 radical (unpaired) electrons. The fraction of sp³-hybridized carbons (Fsp3) is 0.111. The Morgan fingerprint density at radius 2 is 1.48 bits per heavy atom. The average molecular weight is 625 g/mol. The number of aryl methyl sites for hydroxylation is 1. The molecule has 0 unspecified atom stereocenters. The van der Waals surface area contributed by atoms with Gasteiger partial charge in [-0.05, 0) is 66.4 Å². The van der Waals surface area contributed by atoms with E-state index in [9.17, 15) is 22.9 Å². The quantitative estimate of drug-likeness (QED) is 0.205. The molecule has 15 heteroatoms. The molecule has 42 heavy (non-hydrogen) atoms. The van der Waals surface area contributed by atoms with Gasteiger partial charge in [0.25, 0.3) is 10.1 Å². The van der Waals surface area contributed by atoms with Crippen molar-refractivity contribution in [2.75, 3.05) is 7.11 Å². The summed E-state index contributed by atoms with van der Waals surface area (Å²) in [6.07, 6.45) is 1.47. The lowest BCUT2D eigenvalue weighted by molar-refractivity contribution is -2.00. The highest BCUT2D eigenvalue weighted by atomic mass is 35.7. The van der Waals surface area contributed by atoms with Gasteiger partial charge in [0.2, 0.25) is 0 Å². The number of rotatable bonds is 5. The smallest absolute Gasteiger partial charge is 0.364 e. The molecule has 13 nitrogen and oxygen atoms in total. The van der Waals surface area contributed by atoms with E-state index in [1.54, 1.807) is 18.2 Å². The first-order valence-electron chi connectivity index (χ1n) is 11.5. The Kier molecular flexibility index (Phi) is 10.9. The normalized spacial score (nSPS) is 11.9. The molecule has 0 saturated heterocycles. The van der Waals surface area contributed by atoms with Gasteiger partial charge in [0.15, 0.2) is 0 Å². The molecule has 1 aliphatic carbocycles. The zero-order chi connectivity index (χ0) is 29.2. The van der Waals surface area contributed by atoms with E-state index in [-0.39, 0.29) is 27.2 Å². The third-order valence-electron chi connectivity index (χ3n) is 6.16. The van der Waals surface area contributed by atoms with E-state index in [2.05, 4.69) is 0 Å². The minimum Gasteiger partial charge on any atom is -0.495 e. The Hall–Kier alpha value is -3.96. The Labute approximate surface area is 241 Å². The Balaban J connectivity index is 0.000000814. The highest BCUT2D eigenvalue weighted by Crippen LogP contribution is 2.43. The van der Waals surface area contributed by atoms with Crippen LogP contribution in [0.15, 0.2) is 82.1 Å². The monoisotopic (exact) mass is 624 g/mol. The van der Waals surface area contributed by atoms with E-state index in [0.717, 1.165) is 28.7 Å². The summed E-state index contributed by atoms with van der Waals surface area (Å²) in [5.74, 6) is 0.188. The molecule has 0 atom stereocenters. The Bertz CT molecular complexity index is 1680. The number of carboxylic acids is 1. The zero-order valence-electron chi connectivity index (χ0n) is 21.7. The summed E-state index contributed by atoms with van der Waals surface area (Å²) in [4.78, 5) is 11.0. The third-order valence-corrected chi connectivity index (χ3v) is 7.04. The van der Waals surface area contributed by atoms with Crippen LogP contribution in [-0.4, -0.2) is 42.1 Å². The maximum absolute atomic E-state index is 12.0. The summed E-state index contributed by atoms with van der Waals surface area (Å²) >= 11 is 0. The zero-order valence-corrected chi connectivity index (χ0v) is 23.3. The predicted molar refractivity (Wildman–Crippen MR) is 137 cm³/mol. The summed E-state index contributed by atoms with van der Waals surface area (Å²) in [7, 11) is -8.13. The van der Waals surface area contributed by atoms with Crippen LogP contribution >= 0.6 is 0 Å². The topological polar surface area (TPSA) is 267 Å². The Morgan fingerprint density at radius 1 is 0.881 bits per heavy atom. The van der Waals surface area contributed by atoms with Gasteiger partial charge < -0.3 is 20.8 Å². The lowest BCUT2D eigenvalue weighted by Gasteiger charge is -2.17. The van der Waals surface area contributed by atoms with E-state index in [1.807, 2.05) is 30.3 Å². The van der Waals surface area contributed by atoms with Crippen LogP contribution in [0.3, 0.4) is 0 Å². The minimum atomic E-state index is -4.94. The molecule has 0 saturated carbocycles. The predicted octanol–water partition coefficient (Wildman–Crippen LogP) is -0.792. The molecule has 224 valence electrons. The van der Waals surface area contributed by atoms with Crippen molar-refractivity contribution < 1.29 is 71.9 Å². The number of halogens is 1. The lowest BCUT2D eigenvalue weighted by Crippen LogP contribution is -2.68. The van der Waals surface area contributed by atoms with Crippen LogP contribution in [0.4, 0.5) is 0 Å². The number of hydrogen-bond donors (Lipinski definition) is 2. The third kappa shape index (κ3) is 7.86. The van der Waals surface area contributed by atoms with Crippen LogP contribution in [0, 0.1) is 10.2 Å². The molecule has 1 heterocycles. The van der Waals surface area contributed by atoms with Crippen LogP contribution in [0.2, 0.25) is 0 Å². The number of fused-ring (bicyclic) bond motifs is 3. The summed E-state index contributed by atoms with van der Waals surface area (Å²) in [5, 5.41) is 9.24. The van der Waals surface area contributed by atoms with Crippen LogP contribution in [-0.2, 0) is 23.0 Å². The highest BCUT2D eigenvalue weighted by Gasteiger charge is 2.32. The van der Waals surface area contributed by atoms with Crippen molar-refractivity contribution in [1.29, 1.82) is 0 Å². The van der Waals surface area contributed by atoms with Crippen LogP contribution in [0.5, 0.6) is 5.75 Å². The van der Waals surface area contributed by atoms with Crippen molar-refractivity contribution in [3.8, 4) is 39.5 Å². The van der Waals surface area contributed by atoms with E-state index >= 15 is 0 Å². The van der Waals surface area contributed by atoms with E-state index in [4.69, 9.17) is 27.8 Å². The van der Waals surface area contributed by atoms with Gasteiger partial charge in [-0.1, -0.05) is 24.3 Å². The van der Waals surface area contributed by atoms with Gasteiger partial charge in [-0.2, -0.15) is 8.42 Å². The Morgan fingerprint density at radius 3 is 2.05 bits per heavy atom. The van der Waals surface area contributed by atoms with E-state index < -0.39 is 26.3 Å². The molecule has 1 aliphatic rings. The molecule has 6 N–H and O–H groups in total. The van der Waals surface area contributed by atoms with E-state index in [1.165, 1.54) is 31.4 Å². The largest absolute Gasteiger partial charge is 0.495 e. The maximum atomic E-state index is 12.0. The van der Waals surface area contributed by atoms with Gasteiger partial charge in [-0.25, -0.2) is 27.8 Å². The second-order valence-corrected chi connectivity index (χ2v) is 10.7. The van der Waals surface area contributed by atoms with E-state index in [0.29, 0.717) is 29.1 Å². The standard InChI is InChI=1S/C27H20O7S.ClHO4.2H2O/c1-33-23-13-11-19(14-25(23)35(30,31)32)22-15-24(17-6-8-18(9-7-17)27(28)29)34-26-20-5-3-2-4-16(20)10-12-21(22)26;2-1(3,4)5;;/h2-9,11,13-15H,10,12H2,1H3,(H-,28,29,30,31,32);(H,2,3,4,5);2*1H2. The highest BCUT2D eigenvalue weighted by molar-refractivity contribution is 7.86. The van der Waals surface area contributed by atoms with Gasteiger partial charge >= 0.3 is 17.5 Å². The minimum absolute atomic E-state index is 0. The lowest BCUT2D eigenvalue weighted by atomic mass is 9.85. The van der Waals surface area contributed by atoms with Crippen molar-refractivity contribution in [3.05, 3.63) is 89.5 Å². The number of carboxylic acid groups (broad SMARTS) is 1. The van der Waals surface area contributed by atoms with Crippen molar-refractivity contribution in [1.82, 2.24) is 0 Å². The van der Waals surface area contributed by atoms with Gasteiger partial charge in [0.05, 0.1) is 35.4 Å². The summed E-state index contributed by atoms with van der Waals surface area (Å²) in [5.41, 5.74) is 5.17. The van der Waals surface area contributed by atoms with Crippen molar-refractivity contribution in [3.63, 3.8) is 0 Å². The summed E-state index contributed by atoms with van der Waals surface area (Å²) in [6.45, 7) is 0. The molecular weight excluding hydrogens is 600 g/mol. The first kappa shape index (κ1) is 34.2. The van der Waals surface area contributed by atoms with Gasteiger partial charge in [-0.3, -0.25) is 4.55 Å². The first-order chi connectivity index (χ1) is 18.8. The van der Waals surface area contributed by atoms with Crippen LogP contribution in [0.1, 0.15) is 21.5 Å². The molecule has 3 aromatic carbocycles. The van der Waals surface area contributed by atoms with Crippen molar-refractivity contribution in [2.45, 2.75) is 17.7 Å². The van der Waals surface area contributed by atoms with Crippen LogP contribution < -0.4 is 23.4 Å². The summed E-state index contributed by atoms with van der Waals surface area (Å²) in [6, 6.07) is 20.7. The molecule has 5 rings (SSSR count). The number of hydrogen-bond acceptors (Lipinski definition) is 8. The van der Waals surface area contributed by atoms with Crippen molar-refractivity contribution in [2.24, 2.45) is 0 Å². The molecule has 0 amide bonds. The molecule has 1 aromatic heterocycles.